The van der Waals surface area contributed by atoms with Crippen molar-refractivity contribution in [3.05, 3.63) is 0 Å². The minimum absolute atomic E-state index is 0.266. The molecule has 0 aliphatic carbocycles. The molecule has 0 saturated carbocycles. The summed E-state index contributed by atoms with van der Waals surface area (Å²) >= 11 is 2.83. The number of halogens is 1. The van der Waals surface area contributed by atoms with E-state index >= 15 is 0 Å². The van der Waals surface area contributed by atoms with Gasteiger partial charge in [0.2, 0.25) is 0 Å². The van der Waals surface area contributed by atoms with Crippen molar-refractivity contribution in [1.29, 1.82) is 0 Å². The quantitative estimate of drug-likeness (QED) is 0.527. The first-order valence-corrected chi connectivity index (χ1v) is 3.97. The van der Waals surface area contributed by atoms with Crippen LogP contribution in [0.4, 0.5) is 0 Å². The smallest absolute Gasteiger partial charge is 0.358 e. The monoisotopic (exact) mass is 224 g/mol. The highest BCUT2D eigenvalue weighted by Crippen LogP contribution is 2.04. The average molecular weight is 225 g/mol. The molecule has 0 spiro atoms. The third-order valence-corrected chi connectivity index (χ3v) is 1.30. The second-order valence-corrected chi connectivity index (χ2v) is 2.51. The minimum atomic E-state index is -0.986. The third kappa shape index (κ3) is 4.78. The number of esters is 2. The van der Waals surface area contributed by atoms with Crippen LogP contribution in [0.15, 0.2) is 0 Å². The molecule has 0 saturated heterocycles. The van der Waals surface area contributed by atoms with Crippen molar-refractivity contribution in [2.45, 2.75) is 18.9 Å². The predicted molar refractivity (Wildman–Crippen MR) is 41.1 cm³/mol. The Morgan fingerprint density at radius 3 is 2.45 bits per heavy atom. The zero-order valence-corrected chi connectivity index (χ0v) is 7.88. The molecular weight excluding hydrogens is 216 g/mol. The lowest BCUT2D eigenvalue weighted by atomic mass is 10.7. The van der Waals surface area contributed by atoms with Gasteiger partial charge in [-0.25, -0.2) is 4.79 Å². The van der Waals surface area contributed by atoms with Gasteiger partial charge in [-0.1, -0.05) is 0 Å². The molecule has 0 radical (unpaired) electrons. The number of hydrogen-bond donors (Lipinski definition) is 0. The van der Waals surface area contributed by atoms with Gasteiger partial charge in [0.05, 0.1) is 6.61 Å². The van der Waals surface area contributed by atoms with Crippen LogP contribution >= 0.6 is 15.9 Å². The van der Waals surface area contributed by atoms with Crippen molar-refractivity contribution in [1.82, 2.24) is 0 Å². The van der Waals surface area contributed by atoms with E-state index in [1.54, 1.807) is 6.92 Å². The van der Waals surface area contributed by atoms with E-state index in [-0.39, 0.29) is 6.61 Å². The summed E-state index contributed by atoms with van der Waals surface area (Å²) in [5, 5.41) is -0.986. The molecule has 0 heterocycles. The van der Waals surface area contributed by atoms with Gasteiger partial charge in [-0.05, 0) is 22.9 Å². The molecule has 1 atom stereocenters. The number of carbonyl (C=O) groups excluding carboxylic acids is 2. The molecule has 0 rings (SSSR count). The van der Waals surface area contributed by atoms with Crippen molar-refractivity contribution in [3.63, 3.8) is 0 Å². The molecule has 11 heavy (non-hydrogen) atoms. The standard InChI is InChI=1S/C6H9BrO4/c1-3-10-6(9)5(7)11-4(2)8/h5H,3H2,1-2H3. The van der Waals surface area contributed by atoms with Gasteiger partial charge in [0, 0.05) is 6.92 Å². The molecule has 0 amide bonds. The maximum absolute atomic E-state index is 10.7. The van der Waals surface area contributed by atoms with Gasteiger partial charge in [-0.2, -0.15) is 0 Å². The van der Waals surface area contributed by atoms with Gasteiger partial charge >= 0.3 is 11.9 Å². The lowest BCUT2D eigenvalue weighted by molar-refractivity contribution is -0.159. The summed E-state index contributed by atoms with van der Waals surface area (Å²) in [6.07, 6.45) is 0. The lowest BCUT2D eigenvalue weighted by Gasteiger charge is -2.07. The van der Waals surface area contributed by atoms with Crippen LogP contribution in [0.5, 0.6) is 0 Å². The summed E-state index contributed by atoms with van der Waals surface area (Å²) in [6, 6.07) is 0. The second-order valence-electron chi connectivity index (χ2n) is 1.68. The number of hydrogen-bond acceptors (Lipinski definition) is 4. The van der Waals surface area contributed by atoms with E-state index in [2.05, 4.69) is 25.4 Å². The summed E-state index contributed by atoms with van der Waals surface area (Å²) in [5.74, 6) is -1.12. The first-order valence-electron chi connectivity index (χ1n) is 3.05. The summed E-state index contributed by atoms with van der Waals surface area (Å²) in [4.78, 5) is 21.0. The van der Waals surface area contributed by atoms with E-state index < -0.39 is 17.0 Å². The Morgan fingerprint density at radius 1 is 1.55 bits per heavy atom. The summed E-state index contributed by atoms with van der Waals surface area (Å²) < 4.78 is 9.01. The molecule has 0 aliphatic heterocycles. The Morgan fingerprint density at radius 2 is 2.09 bits per heavy atom. The Labute approximate surface area is 73.0 Å². The highest BCUT2D eigenvalue weighted by molar-refractivity contribution is 9.09. The van der Waals surface area contributed by atoms with Crippen LogP contribution in [0.25, 0.3) is 0 Å². The fraction of sp³-hybridized carbons (Fsp3) is 0.667. The largest absolute Gasteiger partial charge is 0.463 e. The highest BCUT2D eigenvalue weighted by Gasteiger charge is 2.18. The number of carbonyl (C=O) groups is 2. The summed E-state index contributed by atoms with van der Waals surface area (Å²) in [6.45, 7) is 3.15. The topological polar surface area (TPSA) is 52.6 Å². The summed E-state index contributed by atoms with van der Waals surface area (Å²) in [7, 11) is 0. The Kier molecular flexibility index (Phi) is 4.85. The maximum atomic E-state index is 10.7. The van der Waals surface area contributed by atoms with E-state index in [1.807, 2.05) is 0 Å². The van der Waals surface area contributed by atoms with Crippen LogP contribution in [-0.4, -0.2) is 23.6 Å². The Hall–Kier alpha value is -0.580. The van der Waals surface area contributed by atoms with Gasteiger partial charge in [0.1, 0.15) is 0 Å². The van der Waals surface area contributed by atoms with Crippen LogP contribution < -0.4 is 0 Å². The Balaban J connectivity index is 3.73. The van der Waals surface area contributed by atoms with Crippen molar-refractivity contribution in [2.24, 2.45) is 0 Å². The molecule has 0 aromatic rings. The number of alkyl halides is 1. The van der Waals surface area contributed by atoms with Crippen LogP contribution in [0, 0.1) is 0 Å². The second kappa shape index (κ2) is 5.12. The van der Waals surface area contributed by atoms with Gasteiger partial charge in [-0.3, -0.25) is 4.79 Å². The average Bonchev–Trinajstić information content (AvgIpc) is 1.86. The van der Waals surface area contributed by atoms with Gasteiger partial charge in [0.25, 0.3) is 5.01 Å². The van der Waals surface area contributed by atoms with Crippen LogP contribution in [0.2, 0.25) is 0 Å². The molecule has 4 nitrogen and oxygen atoms in total. The first-order chi connectivity index (χ1) is 5.07. The van der Waals surface area contributed by atoms with E-state index in [0.717, 1.165) is 0 Å². The molecule has 0 bridgehead atoms. The lowest BCUT2D eigenvalue weighted by Crippen LogP contribution is -2.22. The highest BCUT2D eigenvalue weighted by atomic mass is 79.9. The Bertz CT molecular complexity index is 157. The third-order valence-electron chi connectivity index (χ3n) is 0.741. The van der Waals surface area contributed by atoms with Crippen molar-refractivity contribution in [3.8, 4) is 0 Å². The van der Waals surface area contributed by atoms with Gasteiger partial charge in [-0.15, -0.1) is 0 Å². The van der Waals surface area contributed by atoms with E-state index in [4.69, 9.17) is 0 Å². The van der Waals surface area contributed by atoms with E-state index in [9.17, 15) is 9.59 Å². The van der Waals surface area contributed by atoms with E-state index in [0.29, 0.717) is 0 Å². The molecular formula is C6H9BrO4. The zero-order chi connectivity index (χ0) is 8.85. The SMILES string of the molecule is CCOC(=O)C(Br)OC(C)=O. The van der Waals surface area contributed by atoms with Crippen LogP contribution in [0.1, 0.15) is 13.8 Å². The molecule has 0 N–H and O–H groups in total. The number of rotatable bonds is 3. The van der Waals surface area contributed by atoms with Crippen LogP contribution in [0.3, 0.4) is 0 Å². The molecule has 0 aromatic heterocycles. The molecule has 1 unspecified atom stereocenters. The van der Waals surface area contributed by atoms with Gasteiger partial charge < -0.3 is 9.47 Å². The molecule has 64 valence electrons. The molecule has 0 fully saturated rings. The first kappa shape index (κ1) is 10.4. The van der Waals surface area contributed by atoms with Crippen molar-refractivity contribution in [2.75, 3.05) is 6.61 Å². The van der Waals surface area contributed by atoms with E-state index in [1.165, 1.54) is 6.92 Å². The number of ether oxygens (including phenoxy) is 2. The van der Waals surface area contributed by atoms with Crippen molar-refractivity contribution >= 4 is 27.9 Å². The molecule has 0 aromatic carbocycles. The summed E-state index contributed by atoms with van der Waals surface area (Å²) in [5.41, 5.74) is 0. The minimum Gasteiger partial charge on any atom is -0.463 e. The fourth-order valence-electron chi connectivity index (χ4n) is 0.402. The van der Waals surface area contributed by atoms with Crippen molar-refractivity contribution < 1.29 is 19.1 Å². The molecule has 0 aliphatic rings. The maximum Gasteiger partial charge on any atom is 0.358 e. The zero-order valence-electron chi connectivity index (χ0n) is 6.30. The van der Waals surface area contributed by atoms with Gasteiger partial charge in [0.15, 0.2) is 0 Å². The predicted octanol–water partition coefficient (Wildman–Crippen LogP) is 0.834. The van der Waals surface area contributed by atoms with Crippen LogP contribution in [-0.2, 0) is 19.1 Å². The normalized spacial score (nSPS) is 11.9. The fourth-order valence-corrected chi connectivity index (χ4v) is 0.797. The molecule has 5 heteroatoms.